The molecular formula is C20H24BrFN4O. The van der Waals surface area contributed by atoms with Gasteiger partial charge in [-0.25, -0.2) is 4.98 Å². The SMILES string of the molecule is N#Cc1cc2c(Br)c(NC3CCC(N4CCCC(CF)C4)CC3)ncc2o1. The van der Waals surface area contributed by atoms with Gasteiger partial charge in [-0.05, 0) is 61.0 Å². The number of alkyl halides is 1. The van der Waals surface area contributed by atoms with Gasteiger partial charge in [0.1, 0.15) is 11.9 Å². The van der Waals surface area contributed by atoms with Crippen molar-refractivity contribution in [3.8, 4) is 6.07 Å². The number of pyridine rings is 1. The van der Waals surface area contributed by atoms with E-state index in [0.29, 0.717) is 23.4 Å². The van der Waals surface area contributed by atoms with Gasteiger partial charge in [0.25, 0.3) is 0 Å². The Hall–Kier alpha value is -1.65. The predicted octanol–water partition coefficient (Wildman–Crippen LogP) is 4.87. The molecule has 0 bridgehead atoms. The molecule has 2 fully saturated rings. The number of fused-ring (bicyclic) bond motifs is 1. The number of aromatic nitrogens is 1. The molecule has 27 heavy (non-hydrogen) atoms. The van der Waals surface area contributed by atoms with Crippen molar-refractivity contribution in [3.05, 3.63) is 22.5 Å². The molecule has 0 radical (unpaired) electrons. The first-order valence-corrected chi connectivity index (χ1v) is 10.5. The molecule has 2 aliphatic rings. The summed E-state index contributed by atoms with van der Waals surface area (Å²) < 4.78 is 19.3. The standard InChI is InChI=1S/C20H24BrFN4O/c21-19-17-8-16(10-23)27-18(17)11-24-20(19)25-14-3-5-15(6-4-14)26-7-1-2-13(9-22)12-26/h8,11,13-15H,1-7,9,12H2,(H,24,25). The second kappa shape index (κ2) is 8.15. The number of hydrogen-bond donors (Lipinski definition) is 1. The van der Waals surface area contributed by atoms with Crippen molar-refractivity contribution in [1.29, 1.82) is 5.26 Å². The zero-order chi connectivity index (χ0) is 18.8. The van der Waals surface area contributed by atoms with Crippen LogP contribution < -0.4 is 5.32 Å². The molecule has 0 spiro atoms. The van der Waals surface area contributed by atoms with E-state index in [4.69, 9.17) is 9.68 Å². The molecule has 7 heteroatoms. The molecule has 1 atom stereocenters. The summed E-state index contributed by atoms with van der Waals surface area (Å²) in [6.07, 6.45) is 8.28. The molecule has 2 aromatic rings. The van der Waals surface area contributed by atoms with E-state index in [1.54, 1.807) is 12.3 Å². The van der Waals surface area contributed by atoms with E-state index >= 15 is 0 Å². The quantitative estimate of drug-likeness (QED) is 0.743. The Morgan fingerprint density at radius 1 is 1.33 bits per heavy atom. The van der Waals surface area contributed by atoms with Crippen molar-refractivity contribution >= 4 is 32.7 Å². The zero-order valence-electron chi connectivity index (χ0n) is 15.3. The van der Waals surface area contributed by atoms with Crippen LogP contribution in [0.2, 0.25) is 0 Å². The van der Waals surface area contributed by atoms with Crippen molar-refractivity contribution in [2.45, 2.75) is 50.6 Å². The Morgan fingerprint density at radius 3 is 2.89 bits per heavy atom. The molecule has 2 aromatic heterocycles. The van der Waals surface area contributed by atoms with Gasteiger partial charge in [-0.15, -0.1) is 0 Å². The number of piperidine rings is 1. The second-order valence-corrected chi connectivity index (χ2v) is 8.52. The highest BCUT2D eigenvalue weighted by molar-refractivity contribution is 9.10. The summed E-state index contributed by atoms with van der Waals surface area (Å²) in [7, 11) is 0. The number of hydrogen-bond acceptors (Lipinski definition) is 5. The highest BCUT2D eigenvalue weighted by Gasteiger charge is 2.30. The minimum absolute atomic E-state index is 0.183. The lowest BCUT2D eigenvalue weighted by Crippen LogP contribution is -2.46. The first-order chi connectivity index (χ1) is 13.2. The third-order valence-electron chi connectivity index (χ3n) is 5.95. The number of furan rings is 1. The monoisotopic (exact) mass is 434 g/mol. The number of nitriles is 1. The van der Waals surface area contributed by atoms with Crippen LogP contribution in [0.3, 0.4) is 0 Å². The third-order valence-corrected chi connectivity index (χ3v) is 6.75. The molecule has 1 aliphatic carbocycles. The topological polar surface area (TPSA) is 65.1 Å². The summed E-state index contributed by atoms with van der Waals surface area (Å²) in [5.74, 6) is 1.32. The molecule has 4 rings (SSSR count). The van der Waals surface area contributed by atoms with Crippen LogP contribution in [0.5, 0.6) is 0 Å². The molecule has 1 saturated heterocycles. The molecular weight excluding hydrogens is 411 g/mol. The van der Waals surface area contributed by atoms with Gasteiger partial charge < -0.3 is 14.6 Å². The van der Waals surface area contributed by atoms with E-state index in [2.05, 4.69) is 31.1 Å². The first-order valence-electron chi connectivity index (χ1n) is 9.72. The minimum Gasteiger partial charge on any atom is -0.444 e. The van der Waals surface area contributed by atoms with Crippen LogP contribution in [0.4, 0.5) is 10.2 Å². The summed E-state index contributed by atoms with van der Waals surface area (Å²) in [6.45, 7) is 1.85. The second-order valence-electron chi connectivity index (χ2n) is 7.73. The lowest BCUT2D eigenvalue weighted by molar-refractivity contribution is 0.0868. The summed E-state index contributed by atoms with van der Waals surface area (Å²) in [4.78, 5) is 6.98. The number of nitrogens with one attached hydrogen (secondary N) is 1. The van der Waals surface area contributed by atoms with E-state index in [-0.39, 0.29) is 12.6 Å². The number of likely N-dealkylation sites (tertiary alicyclic amines) is 1. The number of anilines is 1. The molecule has 1 aliphatic heterocycles. The van der Waals surface area contributed by atoms with Gasteiger partial charge in [-0.1, -0.05) is 0 Å². The van der Waals surface area contributed by atoms with E-state index in [1.807, 2.05) is 6.07 Å². The van der Waals surface area contributed by atoms with Crippen LogP contribution in [0.25, 0.3) is 11.0 Å². The maximum atomic E-state index is 13.0. The normalized spacial score (nSPS) is 26.8. The molecule has 1 N–H and O–H groups in total. The number of nitrogens with zero attached hydrogens (tertiary/aromatic N) is 3. The highest BCUT2D eigenvalue weighted by Crippen LogP contribution is 2.34. The zero-order valence-corrected chi connectivity index (χ0v) is 16.8. The molecule has 0 amide bonds. The van der Waals surface area contributed by atoms with Crippen LogP contribution in [0, 0.1) is 17.2 Å². The van der Waals surface area contributed by atoms with Crippen molar-refractivity contribution in [3.63, 3.8) is 0 Å². The summed E-state index contributed by atoms with van der Waals surface area (Å²) in [5.41, 5.74) is 0.611. The predicted molar refractivity (Wildman–Crippen MR) is 106 cm³/mol. The lowest BCUT2D eigenvalue weighted by Gasteiger charge is -2.41. The fourth-order valence-corrected chi connectivity index (χ4v) is 5.00. The van der Waals surface area contributed by atoms with Crippen LogP contribution >= 0.6 is 15.9 Å². The molecule has 0 aromatic carbocycles. The molecule has 5 nitrogen and oxygen atoms in total. The van der Waals surface area contributed by atoms with Crippen molar-refractivity contribution in [2.24, 2.45) is 5.92 Å². The summed E-state index contributed by atoms with van der Waals surface area (Å²) in [6, 6.07) is 4.73. The number of halogens is 2. The Balaban J connectivity index is 1.37. The van der Waals surface area contributed by atoms with E-state index in [1.165, 1.54) is 0 Å². The molecule has 3 heterocycles. The van der Waals surface area contributed by atoms with Crippen LogP contribution in [0.1, 0.15) is 44.3 Å². The maximum Gasteiger partial charge on any atom is 0.204 e. The average Bonchev–Trinajstić information content (AvgIpc) is 3.15. The lowest BCUT2D eigenvalue weighted by atomic mass is 9.88. The Labute approximate surface area is 167 Å². The van der Waals surface area contributed by atoms with Crippen LogP contribution in [-0.2, 0) is 0 Å². The Bertz CT molecular complexity index is 840. The van der Waals surface area contributed by atoms with Gasteiger partial charge in [0.15, 0.2) is 5.58 Å². The first kappa shape index (κ1) is 18.7. The summed E-state index contributed by atoms with van der Waals surface area (Å²) >= 11 is 3.60. The van der Waals surface area contributed by atoms with Gasteiger partial charge in [0.05, 0.1) is 17.3 Å². The van der Waals surface area contributed by atoms with E-state index < -0.39 is 0 Å². The van der Waals surface area contributed by atoms with Gasteiger partial charge >= 0.3 is 0 Å². The number of rotatable bonds is 4. The Kier molecular flexibility index (Phi) is 5.65. The van der Waals surface area contributed by atoms with Crippen molar-refractivity contribution in [1.82, 2.24) is 9.88 Å². The largest absolute Gasteiger partial charge is 0.444 e. The minimum atomic E-state index is -0.183. The molecule has 1 unspecified atom stereocenters. The van der Waals surface area contributed by atoms with Crippen molar-refractivity contribution < 1.29 is 8.81 Å². The van der Waals surface area contributed by atoms with Crippen molar-refractivity contribution in [2.75, 3.05) is 25.1 Å². The van der Waals surface area contributed by atoms with Crippen LogP contribution in [0.15, 0.2) is 21.2 Å². The average molecular weight is 435 g/mol. The molecule has 144 valence electrons. The van der Waals surface area contributed by atoms with Gasteiger partial charge in [-0.2, -0.15) is 5.26 Å². The molecule has 1 saturated carbocycles. The van der Waals surface area contributed by atoms with E-state index in [0.717, 1.165) is 67.3 Å². The van der Waals surface area contributed by atoms with Gasteiger partial charge in [0.2, 0.25) is 5.76 Å². The van der Waals surface area contributed by atoms with Gasteiger partial charge in [-0.3, -0.25) is 4.39 Å². The van der Waals surface area contributed by atoms with Crippen LogP contribution in [-0.4, -0.2) is 41.7 Å². The fraction of sp³-hybridized carbons (Fsp3) is 0.600. The van der Waals surface area contributed by atoms with E-state index in [9.17, 15) is 4.39 Å². The fourth-order valence-electron chi connectivity index (χ4n) is 4.47. The van der Waals surface area contributed by atoms with Gasteiger partial charge in [0, 0.05) is 36.0 Å². The maximum absolute atomic E-state index is 13.0. The third kappa shape index (κ3) is 3.97. The Morgan fingerprint density at radius 2 is 2.15 bits per heavy atom. The summed E-state index contributed by atoms with van der Waals surface area (Å²) in [5, 5.41) is 13.4. The smallest absolute Gasteiger partial charge is 0.204 e. The highest BCUT2D eigenvalue weighted by atomic mass is 79.9.